The molecule has 0 saturated carbocycles. The molecule has 5 rings (SSSR count). The van der Waals surface area contributed by atoms with Crippen LogP contribution in [0.15, 0.2) is 101 Å². The summed E-state index contributed by atoms with van der Waals surface area (Å²) in [4.78, 5) is 22.4. The fraction of sp³-hybridized carbons (Fsp3) is 0.0385. The third kappa shape index (κ3) is 3.36. The van der Waals surface area contributed by atoms with E-state index in [9.17, 15) is 4.79 Å². The van der Waals surface area contributed by atoms with Gasteiger partial charge in [-0.25, -0.2) is 4.98 Å². The Hall–Kier alpha value is -4.25. The molecule has 0 fully saturated rings. The minimum Gasteiger partial charge on any atom is -0.434 e. The van der Waals surface area contributed by atoms with Crippen LogP contribution in [0, 0.1) is 0 Å². The van der Waals surface area contributed by atoms with Crippen molar-refractivity contribution >= 4 is 16.5 Å². The minimum atomic E-state index is -0.254. The third-order valence-electron chi connectivity index (χ3n) is 5.13. The Morgan fingerprint density at radius 2 is 1.65 bits per heavy atom. The third-order valence-corrected chi connectivity index (χ3v) is 5.13. The van der Waals surface area contributed by atoms with Crippen LogP contribution in [0.25, 0.3) is 45.1 Å². The highest BCUT2D eigenvalue weighted by Crippen LogP contribution is 2.31. The topological polar surface area (TPSA) is 60.9 Å². The van der Waals surface area contributed by atoms with Crippen molar-refractivity contribution in [2.45, 2.75) is 6.92 Å². The van der Waals surface area contributed by atoms with E-state index in [0.717, 1.165) is 27.6 Å². The van der Waals surface area contributed by atoms with E-state index in [-0.39, 0.29) is 5.56 Å². The molecule has 31 heavy (non-hydrogen) atoms. The lowest BCUT2D eigenvalue weighted by Crippen LogP contribution is -2.19. The van der Waals surface area contributed by atoms with Gasteiger partial charge in [-0.15, -0.1) is 0 Å². The highest BCUT2D eigenvalue weighted by atomic mass is 16.4. The molecule has 2 aromatic carbocycles. The first-order valence-electron chi connectivity index (χ1n) is 9.91. The zero-order chi connectivity index (χ0) is 21.4. The molecule has 5 aromatic rings. The monoisotopic (exact) mass is 405 g/mol. The number of oxazole rings is 1. The second-order valence-electron chi connectivity index (χ2n) is 7.34. The molecule has 0 unspecified atom stereocenters. The van der Waals surface area contributed by atoms with E-state index in [2.05, 4.69) is 11.6 Å². The first-order valence-corrected chi connectivity index (χ1v) is 9.91. The van der Waals surface area contributed by atoms with Crippen molar-refractivity contribution in [1.29, 1.82) is 0 Å². The normalized spacial score (nSPS) is 11.0. The number of hydrogen-bond acceptors (Lipinski definition) is 4. The van der Waals surface area contributed by atoms with Crippen molar-refractivity contribution in [1.82, 2.24) is 14.5 Å². The van der Waals surface area contributed by atoms with Crippen molar-refractivity contribution in [3.05, 3.63) is 108 Å². The number of nitrogens with zero attached hydrogens (tertiary/aromatic N) is 3. The summed E-state index contributed by atoms with van der Waals surface area (Å²) < 4.78 is 7.65. The number of pyridine rings is 2. The summed E-state index contributed by atoms with van der Waals surface area (Å²) in [6.45, 7) is 5.86. The highest BCUT2D eigenvalue weighted by molar-refractivity contribution is 5.82. The first-order chi connectivity index (χ1) is 15.1. The Balaban J connectivity index is 1.74. The van der Waals surface area contributed by atoms with Crippen molar-refractivity contribution in [2.75, 3.05) is 0 Å². The molecule has 0 atom stereocenters. The van der Waals surface area contributed by atoms with E-state index in [1.54, 1.807) is 12.4 Å². The van der Waals surface area contributed by atoms with E-state index in [1.165, 1.54) is 4.57 Å². The predicted molar refractivity (Wildman–Crippen MR) is 123 cm³/mol. The number of fused-ring (bicyclic) bond motifs is 1. The lowest BCUT2D eigenvalue weighted by molar-refractivity contribution is 0.588. The van der Waals surface area contributed by atoms with Crippen LogP contribution < -0.4 is 5.56 Å². The van der Waals surface area contributed by atoms with Crippen LogP contribution in [-0.2, 0) is 0 Å². The molecule has 0 bridgehead atoms. The maximum atomic E-state index is 13.3. The van der Waals surface area contributed by atoms with Gasteiger partial charge in [-0.1, -0.05) is 55.1 Å². The van der Waals surface area contributed by atoms with E-state index < -0.39 is 0 Å². The van der Waals surface area contributed by atoms with E-state index in [0.29, 0.717) is 23.0 Å². The number of aromatic nitrogens is 3. The van der Waals surface area contributed by atoms with Gasteiger partial charge in [0.15, 0.2) is 11.6 Å². The minimum absolute atomic E-state index is 0.254. The maximum Gasteiger partial charge on any atom is 0.282 e. The van der Waals surface area contributed by atoms with Crippen LogP contribution in [0.3, 0.4) is 0 Å². The zero-order valence-electron chi connectivity index (χ0n) is 16.9. The highest BCUT2D eigenvalue weighted by Gasteiger charge is 2.20. The van der Waals surface area contributed by atoms with Gasteiger partial charge in [0.2, 0.25) is 5.89 Å². The summed E-state index contributed by atoms with van der Waals surface area (Å²) in [6.07, 6.45) is 3.39. The summed E-state index contributed by atoms with van der Waals surface area (Å²) in [6, 6.07) is 23.1. The van der Waals surface area contributed by atoms with Gasteiger partial charge in [-0.2, -0.15) is 4.98 Å². The van der Waals surface area contributed by atoms with Crippen LogP contribution in [0.2, 0.25) is 0 Å². The van der Waals surface area contributed by atoms with Gasteiger partial charge >= 0.3 is 0 Å². The molecule has 3 heterocycles. The molecule has 0 saturated heterocycles. The van der Waals surface area contributed by atoms with Gasteiger partial charge in [0, 0.05) is 28.9 Å². The maximum absolute atomic E-state index is 13.3. The lowest BCUT2D eigenvalue weighted by atomic mass is 10.1. The quantitative estimate of drug-likeness (QED) is 0.382. The molecule has 0 aliphatic heterocycles. The average molecular weight is 405 g/mol. The van der Waals surface area contributed by atoms with Crippen LogP contribution in [0.1, 0.15) is 12.5 Å². The molecule has 0 amide bonds. The Morgan fingerprint density at radius 3 is 2.32 bits per heavy atom. The van der Waals surface area contributed by atoms with Crippen molar-refractivity contribution in [2.24, 2.45) is 0 Å². The number of rotatable bonds is 4. The molecule has 5 nitrogen and oxygen atoms in total. The molecule has 0 aliphatic rings. The van der Waals surface area contributed by atoms with Crippen LogP contribution in [-0.4, -0.2) is 14.5 Å². The fourth-order valence-electron chi connectivity index (χ4n) is 3.48. The lowest BCUT2D eigenvalue weighted by Gasteiger charge is -2.07. The standard InChI is InChI=1S/C26H19N3O2/c1-17(2)21-15-20-13-14-29(26(30)22(20)27-16-21)24-23(18-9-5-3-6-10-18)31-25(28-24)19-11-7-4-8-12-19/h3-16H,1H2,2H3. The van der Waals surface area contributed by atoms with Crippen molar-refractivity contribution in [3.8, 4) is 28.6 Å². The van der Waals surface area contributed by atoms with Gasteiger partial charge in [-0.05, 0) is 42.3 Å². The Kier molecular flexibility index (Phi) is 4.56. The first kappa shape index (κ1) is 18.8. The summed E-state index contributed by atoms with van der Waals surface area (Å²) in [5, 5.41) is 0.759. The van der Waals surface area contributed by atoms with E-state index in [1.807, 2.05) is 79.7 Å². The average Bonchev–Trinajstić information content (AvgIpc) is 3.25. The summed E-state index contributed by atoms with van der Waals surface area (Å²) in [7, 11) is 0. The molecule has 5 heteroatoms. The molecule has 0 spiro atoms. The van der Waals surface area contributed by atoms with Crippen LogP contribution >= 0.6 is 0 Å². The van der Waals surface area contributed by atoms with Gasteiger partial charge in [0.1, 0.15) is 5.52 Å². The number of hydrogen-bond donors (Lipinski definition) is 0. The molecule has 3 aromatic heterocycles. The Morgan fingerprint density at radius 1 is 0.968 bits per heavy atom. The summed E-state index contributed by atoms with van der Waals surface area (Å²) in [5.41, 5.74) is 3.59. The second-order valence-corrected chi connectivity index (χ2v) is 7.34. The summed E-state index contributed by atoms with van der Waals surface area (Å²) >= 11 is 0. The van der Waals surface area contributed by atoms with Gasteiger partial charge in [0.25, 0.3) is 5.56 Å². The molecule has 150 valence electrons. The smallest absolute Gasteiger partial charge is 0.282 e. The second kappa shape index (κ2) is 7.54. The largest absolute Gasteiger partial charge is 0.434 e. The number of benzene rings is 2. The Bertz CT molecular complexity index is 1470. The molecular weight excluding hydrogens is 386 g/mol. The SMILES string of the molecule is C=C(C)c1cnc2c(=O)n(-c3nc(-c4ccccc4)oc3-c3ccccc3)ccc2c1. The summed E-state index contributed by atoms with van der Waals surface area (Å²) in [5.74, 6) is 1.41. The van der Waals surface area contributed by atoms with Gasteiger partial charge in [0.05, 0.1) is 0 Å². The predicted octanol–water partition coefficient (Wildman–Crippen LogP) is 5.74. The molecule has 0 radical (unpaired) electrons. The van der Waals surface area contributed by atoms with Crippen molar-refractivity contribution in [3.63, 3.8) is 0 Å². The van der Waals surface area contributed by atoms with Gasteiger partial charge in [-0.3, -0.25) is 9.36 Å². The zero-order valence-corrected chi connectivity index (χ0v) is 16.9. The van der Waals surface area contributed by atoms with Crippen molar-refractivity contribution < 1.29 is 4.42 Å². The van der Waals surface area contributed by atoms with Gasteiger partial charge < -0.3 is 4.42 Å². The van der Waals surface area contributed by atoms with E-state index >= 15 is 0 Å². The molecular formula is C26H19N3O2. The fourth-order valence-corrected chi connectivity index (χ4v) is 3.48. The van der Waals surface area contributed by atoms with Crippen LogP contribution in [0.5, 0.6) is 0 Å². The number of allylic oxidation sites excluding steroid dienone is 1. The Labute approximate surface area is 179 Å². The van der Waals surface area contributed by atoms with Crippen LogP contribution in [0.4, 0.5) is 0 Å². The molecule has 0 N–H and O–H groups in total. The molecule has 0 aliphatic carbocycles. The van der Waals surface area contributed by atoms with E-state index in [4.69, 9.17) is 9.40 Å².